The van der Waals surface area contributed by atoms with Gasteiger partial charge in [-0.15, -0.1) is 0 Å². The third-order valence-corrected chi connectivity index (χ3v) is 1.93. The molecule has 0 fully saturated rings. The predicted octanol–water partition coefficient (Wildman–Crippen LogP) is 0.118. The van der Waals surface area contributed by atoms with Crippen molar-refractivity contribution in [3.05, 3.63) is 48.3 Å². The fourth-order valence-corrected chi connectivity index (χ4v) is 1.16. The Morgan fingerprint density at radius 3 is 3.00 bits per heavy atom. The molecule has 0 amide bonds. The number of pyridine rings is 1. The van der Waals surface area contributed by atoms with Gasteiger partial charge in [0.2, 0.25) is 6.20 Å². The summed E-state index contributed by atoms with van der Waals surface area (Å²) in [6, 6.07) is 3.66. The van der Waals surface area contributed by atoms with Crippen LogP contribution in [0, 0.1) is 11.8 Å². The molecule has 0 radical (unpaired) electrons. The summed E-state index contributed by atoms with van der Waals surface area (Å²) in [5.74, 6) is 7.28. The van der Waals surface area contributed by atoms with Gasteiger partial charge in [0.15, 0.2) is 11.9 Å². The van der Waals surface area contributed by atoms with Gasteiger partial charge >= 0.3 is 5.82 Å². The van der Waals surface area contributed by atoms with Crippen LogP contribution in [0.2, 0.25) is 0 Å². The van der Waals surface area contributed by atoms with E-state index >= 15 is 0 Å². The van der Waals surface area contributed by atoms with Gasteiger partial charge in [0.25, 0.3) is 0 Å². The zero-order chi connectivity index (χ0) is 11.2. The topological polar surface area (TPSA) is 50.4 Å². The molecule has 0 aliphatic rings. The number of ether oxygens (including phenoxy) is 1. The van der Waals surface area contributed by atoms with E-state index in [-0.39, 0.29) is 0 Å². The van der Waals surface area contributed by atoms with Crippen molar-refractivity contribution in [1.29, 1.82) is 0 Å². The van der Waals surface area contributed by atoms with Crippen molar-refractivity contribution in [1.82, 2.24) is 4.98 Å². The van der Waals surface area contributed by atoms with Gasteiger partial charge in [-0.1, -0.05) is 0 Å². The van der Waals surface area contributed by atoms with E-state index in [1.807, 2.05) is 12.1 Å². The van der Waals surface area contributed by atoms with Crippen LogP contribution in [0.5, 0.6) is 5.75 Å². The van der Waals surface area contributed by atoms with Crippen LogP contribution in [0.25, 0.3) is 0 Å². The smallest absolute Gasteiger partial charge is 0.374 e. The lowest BCUT2D eigenvalue weighted by Gasteiger charge is -1.93. The second-order valence-corrected chi connectivity index (χ2v) is 3.04. The highest BCUT2D eigenvalue weighted by Gasteiger charge is 1.99. The summed E-state index contributed by atoms with van der Waals surface area (Å²) < 4.78 is 5.08. The average Bonchev–Trinajstić information content (AvgIpc) is 2.38. The third-order valence-electron chi connectivity index (χ3n) is 1.93. The minimum atomic E-state index is 0.630. The Bertz CT molecular complexity index is 529. The number of aromatic nitrogens is 3. The van der Waals surface area contributed by atoms with Gasteiger partial charge in [-0.3, -0.25) is 0 Å². The van der Waals surface area contributed by atoms with Crippen LogP contribution in [0.1, 0.15) is 11.4 Å². The molecule has 0 spiro atoms. The Balaban J connectivity index is 2.24. The van der Waals surface area contributed by atoms with Gasteiger partial charge in [0.05, 0.1) is 18.9 Å². The molecule has 2 N–H and O–H groups in total. The van der Waals surface area contributed by atoms with Gasteiger partial charge in [0.1, 0.15) is 6.20 Å². The summed E-state index contributed by atoms with van der Waals surface area (Å²) in [4.78, 5) is 9.97. The highest BCUT2D eigenvalue weighted by atomic mass is 16.5. The van der Waals surface area contributed by atoms with Gasteiger partial charge in [-0.25, -0.2) is 9.97 Å². The van der Waals surface area contributed by atoms with Crippen LogP contribution in [0.3, 0.4) is 0 Å². The number of hydrogen-bond donors (Lipinski definition) is 0. The standard InChI is InChI=1S/C12H9N3O/c1-16-11-7-10(8-13-9-11)3-4-12-14-5-2-6-15-12/h2,5-9H,1H3/p+2. The van der Waals surface area contributed by atoms with Crippen LogP contribution in [0.4, 0.5) is 0 Å². The molecule has 4 heteroatoms. The molecule has 2 aromatic rings. The molecule has 0 saturated heterocycles. The maximum Gasteiger partial charge on any atom is 0.374 e. The Kier molecular flexibility index (Phi) is 3.10. The van der Waals surface area contributed by atoms with Crippen molar-refractivity contribution in [2.45, 2.75) is 0 Å². The lowest BCUT2D eigenvalue weighted by atomic mass is 10.3. The fourth-order valence-electron chi connectivity index (χ4n) is 1.16. The molecule has 0 aliphatic carbocycles. The number of aromatic amines is 2. The Morgan fingerprint density at radius 1 is 1.31 bits per heavy atom. The Hall–Kier alpha value is -2.41. The first-order valence-electron chi connectivity index (χ1n) is 4.78. The molecule has 2 aromatic heterocycles. The van der Waals surface area contributed by atoms with Gasteiger partial charge < -0.3 is 4.74 Å². The molecule has 4 nitrogen and oxygen atoms in total. The Morgan fingerprint density at radius 2 is 2.25 bits per heavy atom. The summed E-state index contributed by atoms with van der Waals surface area (Å²) >= 11 is 0. The normalized spacial score (nSPS) is 9.06. The summed E-state index contributed by atoms with van der Waals surface area (Å²) in [5.41, 5.74) is 0.846. The van der Waals surface area contributed by atoms with Crippen molar-refractivity contribution in [2.24, 2.45) is 0 Å². The Labute approximate surface area is 93.4 Å². The molecule has 0 aromatic carbocycles. The molecule has 78 valence electrons. The maximum atomic E-state index is 5.08. The van der Waals surface area contributed by atoms with Crippen molar-refractivity contribution in [2.75, 3.05) is 7.11 Å². The molecule has 2 heterocycles. The van der Waals surface area contributed by atoms with Crippen molar-refractivity contribution >= 4 is 0 Å². The minimum Gasteiger partial charge on any atom is -0.491 e. The maximum absolute atomic E-state index is 5.08. The summed E-state index contributed by atoms with van der Waals surface area (Å²) in [5, 5.41) is 0. The number of hydrogen-bond acceptors (Lipinski definition) is 2. The van der Waals surface area contributed by atoms with E-state index in [0.717, 1.165) is 11.3 Å². The molecular formula is C12H11N3O+2. The SMILES string of the molecule is COc1c[nH+]cc(C#Cc2nccc[nH+]2)c1. The molecule has 0 bridgehead atoms. The lowest BCUT2D eigenvalue weighted by molar-refractivity contribution is -0.386. The average molecular weight is 213 g/mol. The summed E-state index contributed by atoms with van der Waals surface area (Å²) in [6.07, 6.45) is 7.05. The fraction of sp³-hybridized carbons (Fsp3) is 0.0833. The van der Waals surface area contributed by atoms with Crippen molar-refractivity contribution in [3.8, 4) is 17.6 Å². The number of H-pyrrole nitrogens is 2. The van der Waals surface area contributed by atoms with Gasteiger partial charge in [-0.2, -0.15) is 0 Å². The number of methoxy groups -OCH3 is 1. The van der Waals surface area contributed by atoms with Crippen LogP contribution in [0.15, 0.2) is 36.9 Å². The number of rotatable bonds is 1. The second kappa shape index (κ2) is 4.89. The van der Waals surface area contributed by atoms with Gasteiger partial charge in [0, 0.05) is 18.1 Å². The molecular weight excluding hydrogens is 202 g/mol. The first kappa shape index (κ1) is 10.1. The van der Waals surface area contributed by atoms with E-state index in [4.69, 9.17) is 4.74 Å². The van der Waals surface area contributed by atoms with E-state index < -0.39 is 0 Å². The van der Waals surface area contributed by atoms with E-state index in [1.54, 1.807) is 31.9 Å². The zero-order valence-electron chi connectivity index (χ0n) is 8.82. The second-order valence-electron chi connectivity index (χ2n) is 3.04. The third kappa shape index (κ3) is 2.55. The minimum absolute atomic E-state index is 0.630. The van der Waals surface area contributed by atoms with Gasteiger partial charge in [-0.05, 0) is 10.9 Å². The molecule has 0 atom stereocenters. The highest BCUT2D eigenvalue weighted by molar-refractivity contribution is 5.37. The molecule has 2 rings (SSSR count). The highest BCUT2D eigenvalue weighted by Crippen LogP contribution is 2.06. The van der Waals surface area contributed by atoms with E-state index in [1.165, 1.54) is 0 Å². The summed E-state index contributed by atoms with van der Waals surface area (Å²) in [7, 11) is 1.62. The monoisotopic (exact) mass is 213 g/mol. The number of nitrogens with zero attached hydrogens (tertiary/aromatic N) is 1. The van der Waals surface area contributed by atoms with Crippen molar-refractivity contribution in [3.63, 3.8) is 0 Å². The van der Waals surface area contributed by atoms with Crippen LogP contribution >= 0.6 is 0 Å². The molecule has 0 aliphatic heterocycles. The lowest BCUT2D eigenvalue weighted by Crippen LogP contribution is -2.08. The molecule has 0 saturated carbocycles. The largest absolute Gasteiger partial charge is 0.491 e. The number of nitrogens with one attached hydrogen (secondary N) is 2. The molecule has 0 unspecified atom stereocenters. The first-order chi connectivity index (χ1) is 7.88. The zero-order valence-corrected chi connectivity index (χ0v) is 8.82. The van der Waals surface area contributed by atoms with Crippen molar-refractivity contribution < 1.29 is 14.7 Å². The molecule has 16 heavy (non-hydrogen) atoms. The first-order valence-corrected chi connectivity index (χ1v) is 4.78. The van der Waals surface area contributed by atoms with E-state index in [0.29, 0.717) is 5.82 Å². The van der Waals surface area contributed by atoms with Crippen LogP contribution in [-0.2, 0) is 0 Å². The summed E-state index contributed by atoms with van der Waals surface area (Å²) in [6.45, 7) is 0. The van der Waals surface area contributed by atoms with E-state index in [9.17, 15) is 0 Å². The van der Waals surface area contributed by atoms with E-state index in [2.05, 4.69) is 26.8 Å². The predicted molar refractivity (Wildman–Crippen MR) is 56.3 cm³/mol. The van der Waals surface area contributed by atoms with Crippen LogP contribution < -0.4 is 14.7 Å². The van der Waals surface area contributed by atoms with Crippen LogP contribution in [-0.4, -0.2) is 12.1 Å². The quantitative estimate of drug-likeness (QED) is 0.632.